The summed E-state index contributed by atoms with van der Waals surface area (Å²) in [6, 6.07) is 7.55. The van der Waals surface area contributed by atoms with E-state index in [1.165, 1.54) is 0 Å². The summed E-state index contributed by atoms with van der Waals surface area (Å²) >= 11 is 0. The highest BCUT2D eigenvalue weighted by Crippen LogP contribution is 2.14. The van der Waals surface area contributed by atoms with Crippen molar-refractivity contribution in [2.45, 2.75) is 19.4 Å². The number of aromatic amines is 1. The van der Waals surface area contributed by atoms with Gasteiger partial charge >= 0.3 is 0 Å². The number of H-pyrrole nitrogens is 1. The van der Waals surface area contributed by atoms with Crippen molar-refractivity contribution in [3.63, 3.8) is 0 Å². The zero-order valence-corrected chi connectivity index (χ0v) is 10.9. The molecule has 0 spiro atoms. The molecule has 0 atom stereocenters. The normalized spacial score (nSPS) is 11.7. The number of fused-ring (bicyclic) bond motifs is 1. The second-order valence-electron chi connectivity index (χ2n) is 4.93. The van der Waals surface area contributed by atoms with Crippen LogP contribution in [0.15, 0.2) is 30.5 Å². The third-order valence-corrected chi connectivity index (χ3v) is 3.04. The Labute approximate surface area is 106 Å². The molecule has 0 aliphatic heterocycles. The first kappa shape index (κ1) is 12.6. The van der Waals surface area contributed by atoms with Crippen molar-refractivity contribution in [2.24, 2.45) is 0 Å². The number of aromatic nitrogens is 1. The van der Waals surface area contributed by atoms with Crippen LogP contribution in [0.1, 0.15) is 24.2 Å². The molecule has 2 rings (SSSR count). The minimum Gasteiger partial charge on any atom is -0.377 e. The molecular formula is C14H18N2O2. The van der Waals surface area contributed by atoms with E-state index in [0.29, 0.717) is 12.1 Å². The summed E-state index contributed by atoms with van der Waals surface area (Å²) in [6.45, 7) is 4.35. The van der Waals surface area contributed by atoms with Crippen LogP contribution in [0.4, 0.5) is 0 Å². The van der Waals surface area contributed by atoms with Crippen molar-refractivity contribution >= 4 is 16.8 Å². The molecule has 0 unspecified atom stereocenters. The van der Waals surface area contributed by atoms with Gasteiger partial charge in [0, 0.05) is 36.3 Å². The number of carbonyl (C=O) groups excluding carboxylic acids is 1. The van der Waals surface area contributed by atoms with Crippen LogP contribution in [0.3, 0.4) is 0 Å². The number of carbonyl (C=O) groups is 1. The second-order valence-corrected chi connectivity index (χ2v) is 4.93. The summed E-state index contributed by atoms with van der Waals surface area (Å²) in [5.41, 5.74) is 1.34. The Kier molecular flexibility index (Phi) is 3.39. The smallest absolute Gasteiger partial charge is 0.251 e. The number of rotatable bonds is 4. The molecule has 0 saturated heterocycles. The number of amides is 1. The van der Waals surface area contributed by atoms with Crippen LogP contribution < -0.4 is 5.32 Å². The lowest BCUT2D eigenvalue weighted by atomic mass is 10.1. The quantitative estimate of drug-likeness (QED) is 0.870. The maximum atomic E-state index is 12.0. The highest BCUT2D eigenvalue weighted by atomic mass is 16.5. The molecule has 0 radical (unpaired) electrons. The first-order valence-electron chi connectivity index (χ1n) is 5.92. The second kappa shape index (κ2) is 4.82. The maximum Gasteiger partial charge on any atom is 0.251 e. The van der Waals surface area contributed by atoms with Crippen molar-refractivity contribution in [3.8, 4) is 0 Å². The zero-order chi connectivity index (χ0) is 13.2. The average Bonchev–Trinajstić information content (AvgIpc) is 2.83. The van der Waals surface area contributed by atoms with Crippen LogP contribution in [-0.2, 0) is 4.74 Å². The Bertz CT molecular complexity index is 558. The summed E-state index contributed by atoms with van der Waals surface area (Å²) in [5.74, 6) is -0.0803. The van der Waals surface area contributed by atoms with Gasteiger partial charge in [-0.2, -0.15) is 0 Å². The van der Waals surface area contributed by atoms with E-state index in [1.807, 2.05) is 44.3 Å². The molecule has 1 aromatic carbocycles. The average molecular weight is 246 g/mol. The first-order valence-corrected chi connectivity index (χ1v) is 5.92. The fourth-order valence-corrected chi connectivity index (χ4v) is 1.66. The number of hydrogen-bond donors (Lipinski definition) is 2. The molecule has 2 N–H and O–H groups in total. The predicted octanol–water partition coefficient (Wildman–Crippen LogP) is 2.32. The Morgan fingerprint density at radius 1 is 1.39 bits per heavy atom. The molecule has 96 valence electrons. The topological polar surface area (TPSA) is 54.1 Å². The van der Waals surface area contributed by atoms with Crippen molar-refractivity contribution in [3.05, 3.63) is 36.0 Å². The molecule has 4 heteroatoms. The summed E-state index contributed by atoms with van der Waals surface area (Å²) in [5, 5.41) is 3.91. The first-order chi connectivity index (χ1) is 8.52. The van der Waals surface area contributed by atoms with Gasteiger partial charge in [-0.25, -0.2) is 0 Å². The molecule has 0 saturated carbocycles. The van der Waals surface area contributed by atoms with Crippen LogP contribution in [0, 0.1) is 0 Å². The van der Waals surface area contributed by atoms with Crippen molar-refractivity contribution in [1.29, 1.82) is 0 Å². The van der Waals surface area contributed by atoms with Gasteiger partial charge in [-0.1, -0.05) is 0 Å². The Morgan fingerprint density at radius 3 is 2.89 bits per heavy atom. The fourth-order valence-electron chi connectivity index (χ4n) is 1.66. The fraction of sp³-hybridized carbons (Fsp3) is 0.357. The molecule has 1 aromatic heterocycles. The standard InChI is InChI=1S/C14H18N2O2/c1-14(2,18-3)9-16-13(17)11-4-5-12-10(8-11)6-7-15-12/h4-8,15H,9H2,1-3H3,(H,16,17). The Balaban J connectivity index is 2.08. The van der Waals surface area contributed by atoms with E-state index in [0.717, 1.165) is 10.9 Å². The molecule has 1 amide bonds. The number of hydrogen-bond acceptors (Lipinski definition) is 2. The number of methoxy groups -OCH3 is 1. The highest BCUT2D eigenvalue weighted by molar-refractivity contribution is 5.98. The Hall–Kier alpha value is -1.81. The van der Waals surface area contributed by atoms with E-state index >= 15 is 0 Å². The lowest BCUT2D eigenvalue weighted by molar-refractivity contribution is 0.0229. The van der Waals surface area contributed by atoms with E-state index in [2.05, 4.69) is 10.3 Å². The largest absolute Gasteiger partial charge is 0.377 e. The molecule has 2 aromatic rings. The van der Waals surface area contributed by atoms with Gasteiger partial charge in [0.15, 0.2) is 0 Å². The van der Waals surface area contributed by atoms with Gasteiger partial charge in [-0.3, -0.25) is 4.79 Å². The number of ether oxygens (including phenoxy) is 1. The van der Waals surface area contributed by atoms with Gasteiger partial charge in [-0.15, -0.1) is 0 Å². The van der Waals surface area contributed by atoms with Crippen LogP contribution in [0.2, 0.25) is 0 Å². The van der Waals surface area contributed by atoms with E-state index in [9.17, 15) is 4.79 Å². The summed E-state index contributed by atoms with van der Waals surface area (Å²) in [6.07, 6.45) is 1.86. The predicted molar refractivity (Wildman–Crippen MR) is 71.7 cm³/mol. The Morgan fingerprint density at radius 2 is 2.17 bits per heavy atom. The van der Waals surface area contributed by atoms with Gasteiger partial charge in [0.05, 0.1) is 5.60 Å². The SMILES string of the molecule is COC(C)(C)CNC(=O)c1ccc2[nH]ccc2c1. The van der Waals surface area contributed by atoms with Crippen LogP contribution in [0.25, 0.3) is 10.9 Å². The van der Waals surface area contributed by atoms with Crippen molar-refractivity contribution < 1.29 is 9.53 Å². The molecule has 1 heterocycles. The van der Waals surface area contributed by atoms with Gasteiger partial charge < -0.3 is 15.0 Å². The third-order valence-electron chi connectivity index (χ3n) is 3.04. The van der Waals surface area contributed by atoms with Gasteiger partial charge in [-0.05, 0) is 38.1 Å². The monoisotopic (exact) mass is 246 g/mol. The molecule has 0 aliphatic carbocycles. The van der Waals surface area contributed by atoms with E-state index < -0.39 is 0 Å². The summed E-state index contributed by atoms with van der Waals surface area (Å²) < 4.78 is 5.26. The summed E-state index contributed by atoms with van der Waals surface area (Å²) in [4.78, 5) is 15.1. The van der Waals surface area contributed by atoms with E-state index in [1.54, 1.807) is 7.11 Å². The molecule has 0 fully saturated rings. The van der Waals surface area contributed by atoms with E-state index in [-0.39, 0.29) is 11.5 Å². The number of benzene rings is 1. The third kappa shape index (κ3) is 2.71. The van der Waals surface area contributed by atoms with Gasteiger partial charge in [0.1, 0.15) is 0 Å². The molecule has 4 nitrogen and oxygen atoms in total. The summed E-state index contributed by atoms with van der Waals surface area (Å²) in [7, 11) is 1.64. The molecular weight excluding hydrogens is 228 g/mol. The maximum absolute atomic E-state index is 12.0. The molecule has 0 bridgehead atoms. The minimum atomic E-state index is -0.353. The minimum absolute atomic E-state index is 0.0803. The van der Waals surface area contributed by atoms with Crippen LogP contribution in [-0.4, -0.2) is 30.1 Å². The van der Waals surface area contributed by atoms with Crippen molar-refractivity contribution in [1.82, 2.24) is 10.3 Å². The van der Waals surface area contributed by atoms with Crippen LogP contribution >= 0.6 is 0 Å². The lowest BCUT2D eigenvalue weighted by Crippen LogP contribution is -2.39. The molecule has 0 aliphatic rings. The van der Waals surface area contributed by atoms with Gasteiger partial charge in [0.25, 0.3) is 5.91 Å². The van der Waals surface area contributed by atoms with E-state index in [4.69, 9.17) is 4.74 Å². The van der Waals surface area contributed by atoms with Gasteiger partial charge in [0.2, 0.25) is 0 Å². The van der Waals surface area contributed by atoms with Crippen molar-refractivity contribution in [2.75, 3.05) is 13.7 Å². The van der Waals surface area contributed by atoms with Crippen LogP contribution in [0.5, 0.6) is 0 Å². The number of nitrogens with one attached hydrogen (secondary N) is 2. The lowest BCUT2D eigenvalue weighted by Gasteiger charge is -2.23. The molecule has 18 heavy (non-hydrogen) atoms. The zero-order valence-electron chi connectivity index (χ0n) is 10.9. The highest BCUT2D eigenvalue weighted by Gasteiger charge is 2.17.